The van der Waals surface area contributed by atoms with E-state index in [2.05, 4.69) is 22.8 Å². The summed E-state index contributed by atoms with van der Waals surface area (Å²) in [6.45, 7) is 2.00. The van der Waals surface area contributed by atoms with Crippen molar-refractivity contribution in [3.05, 3.63) is 42.5 Å². The first-order valence-electron chi connectivity index (χ1n) is 6.81. The Balaban J connectivity index is 0.00000147. The van der Waals surface area contributed by atoms with Gasteiger partial charge in [0.05, 0.1) is 0 Å². The van der Waals surface area contributed by atoms with Crippen LogP contribution < -0.4 is 10.6 Å². The highest BCUT2D eigenvalue weighted by Crippen LogP contribution is 2.23. The van der Waals surface area contributed by atoms with Crippen LogP contribution in [0.15, 0.2) is 42.5 Å². The molecule has 0 radical (unpaired) electrons. The number of hydrogen-bond acceptors (Lipinski definition) is 2. The average Bonchev–Trinajstić information content (AvgIpc) is 2.92. The number of rotatable bonds is 3. The maximum absolute atomic E-state index is 12.1. The van der Waals surface area contributed by atoms with E-state index >= 15 is 0 Å². The molecular formula is C16H19ClN2O. The highest BCUT2D eigenvalue weighted by molar-refractivity contribution is 6.02. The molecule has 106 valence electrons. The Morgan fingerprint density at radius 1 is 1.20 bits per heavy atom. The molecule has 0 aromatic heterocycles. The number of halogens is 1. The van der Waals surface area contributed by atoms with E-state index < -0.39 is 0 Å². The van der Waals surface area contributed by atoms with Crippen LogP contribution in [0.2, 0.25) is 0 Å². The van der Waals surface area contributed by atoms with E-state index in [1.54, 1.807) is 0 Å². The van der Waals surface area contributed by atoms with E-state index in [-0.39, 0.29) is 18.3 Å². The highest BCUT2D eigenvalue weighted by atomic mass is 35.5. The lowest BCUT2D eigenvalue weighted by Gasteiger charge is -2.11. The monoisotopic (exact) mass is 290 g/mol. The van der Waals surface area contributed by atoms with Gasteiger partial charge >= 0.3 is 0 Å². The first-order chi connectivity index (χ1) is 9.33. The Hall–Kier alpha value is -1.58. The molecule has 1 unspecified atom stereocenters. The van der Waals surface area contributed by atoms with Gasteiger partial charge in [-0.05, 0) is 36.9 Å². The van der Waals surface area contributed by atoms with E-state index in [1.807, 2.05) is 30.3 Å². The highest BCUT2D eigenvalue weighted by Gasteiger charge is 2.18. The first-order valence-corrected chi connectivity index (χ1v) is 6.81. The van der Waals surface area contributed by atoms with Crippen LogP contribution >= 0.6 is 12.4 Å². The molecule has 1 saturated heterocycles. The SMILES string of the molecule is Cl.O=C(CC1CCNC1)Nc1cccc2ccccc12. The Bertz CT molecular complexity index is 589. The van der Waals surface area contributed by atoms with Gasteiger partial charge in [-0.3, -0.25) is 4.79 Å². The third-order valence-electron chi connectivity index (χ3n) is 3.70. The summed E-state index contributed by atoms with van der Waals surface area (Å²) in [6.07, 6.45) is 1.71. The standard InChI is InChI=1S/C16H18N2O.ClH/c19-16(10-12-8-9-17-11-12)18-15-7-3-5-13-4-1-2-6-14(13)15;/h1-7,12,17H,8-11H2,(H,18,19);1H. The van der Waals surface area contributed by atoms with Crippen molar-refractivity contribution >= 4 is 34.8 Å². The molecule has 1 aliphatic heterocycles. The molecule has 1 amide bonds. The smallest absolute Gasteiger partial charge is 0.224 e. The van der Waals surface area contributed by atoms with Gasteiger partial charge in [-0.2, -0.15) is 0 Å². The topological polar surface area (TPSA) is 41.1 Å². The molecule has 4 heteroatoms. The van der Waals surface area contributed by atoms with E-state index in [4.69, 9.17) is 0 Å². The third-order valence-corrected chi connectivity index (χ3v) is 3.70. The zero-order valence-corrected chi connectivity index (χ0v) is 12.1. The summed E-state index contributed by atoms with van der Waals surface area (Å²) in [4.78, 5) is 12.1. The van der Waals surface area contributed by atoms with Gasteiger partial charge in [-0.15, -0.1) is 12.4 Å². The van der Waals surface area contributed by atoms with Crippen molar-refractivity contribution in [2.45, 2.75) is 12.8 Å². The minimum absolute atomic E-state index is 0. The second-order valence-electron chi connectivity index (χ2n) is 5.14. The molecule has 2 aromatic rings. The van der Waals surface area contributed by atoms with Crippen molar-refractivity contribution < 1.29 is 4.79 Å². The third kappa shape index (κ3) is 3.30. The van der Waals surface area contributed by atoms with E-state index in [9.17, 15) is 4.79 Å². The maximum atomic E-state index is 12.1. The zero-order valence-electron chi connectivity index (χ0n) is 11.3. The lowest BCUT2D eigenvalue weighted by atomic mass is 10.0. The second kappa shape index (κ2) is 6.73. The van der Waals surface area contributed by atoms with Crippen molar-refractivity contribution in [3.8, 4) is 0 Å². The van der Waals surface area contributed by atoms with Crippen LogP contribution in [0.5, 0.6) is 0 Å². The lowest BCUT2D eigenvalue weighted by Crippen LogP contribution is -2.18. The Morgan fingerprint density at radius 3 is 2.80 bits per heavy atom. The van der Waals surface area contributed by atoms with Crippen LogP contribution in [-0.4, -0.2) is 19.0 Å². The predicted molar refractivity (Wildman–Crippen MR) is 85.4 cm³/mol. The Morgan fingerprint density at radius 2 is 2.00 bits per heavy atom. The Kier molecular flexibility index (Phi) is 4.99. The number of amides is 1. The summed E-state index contributed by atoms with van der Waals surface area (Å²) in [5.41, 5.74) is 0.911. The quantitative estimate of drug-likeness (QED) is 0.911. The fourth-order valence-electron chi connectivity index (χ4n) is 2.69. The van der Waals surface area contributed by atoms with E-state index in [1.165, 1.54) is 0 Å². The van der Waals surface area contributed by atoms with Gasteiger partial charge in [-0.25, -0.2) is 0 Å². The molecule has 0 bridgehead atoms. The normalized spacial score (nSPS) is 17.7. The minimum Gasteiger partial charge on any atom is -0.326 e. The molecule has 0 aliphatic carbocycles. The van der Waals surface area contributed by atoms with Gasteiger partial charge in [0, 0.05) is 17.5 Å². The van der Waals surface area contributed by atoms with Gasteiger partial charge in [0.15, 0.2) is 0 Å². The fourth-order valence-corrected chi connectivity index (χ4v) is 2.69. The summed E-state index contributed by atoms with van der Waals surface area (Å²) in [5, 5.41) is 8.59. The largest absolute Gasteiger partial charge is 0.326 e. The molecule has 1 aliphatic rings. The average molecular weight is 291 g/mol. The molecular weight excluding hydrogens is 272 g/mol. The molecule has 0 spiro atoms. The van der Waals surface area contributed by atoms with E-state index in [0.29, 0.717) is 12.3 Å². The van der Waals surface area contributed by atoms with Crippen LogP contribution in [0, 0.1) is 5.92 Å². The van der Waals surface area contributed by atoms with Gasteiger partial charge in [0.2, 0.25) is 5.91 Å². The van der Waals surface area contributed by atoms with E-state index in [0.717, 1.165) is 36.0 Å². The number of carbonyl (C=O) groups is 1. The van der Waals surface area contributed by atoms with Crippen molar-refractivity contribution in [2.75, 3.05) is 18.4 Å². The Labute approximate surface area is 125 Å². The fraction of sp³-hybridized carbons (Fsp3) is 0.312. The molecule has 1 heterocycles. The number of hydrogen-bond donors (Lipinski definition) is 2. The molecule has 1 atom stereocenters. The van der Waals surface area contributed by atoms with Crippen LogP contribution in [0.3, 0.4) is 0 Å². The van der Waals surface area contributed by atoms with Crippen molar-refractivity contribution in [1.29, 1.82) is 0 Å². The van der Waals surface area contributed by atoms with Crippen molar-refractivity contribution in [2.24, 2.45) is 5.92 Å². The maximum Gasteiger partial charge on any atom is 0.224 e. The number of anilines is 1. The van der Waals surface area contributed by atoms with Crippen LogP contribution in [0.25, 0.3) is 10.8 Å². The van der Waals surface area contributed by atoms with Gasteiger partial charge < -0.3 is 10.6 Å². The number of benzene rings is 2. The molecule has 3 rings (SSSR count). The minimum atomic E-state index is 0. The molecule has 2 N–H and O–H groups in total. The number of carbonyl (C=O) groups excluding carboxylic acids is 1. The summed E-state index contributed by atoms with van der Waals surface area (Å²) < 4.78 is 0. The molecule has 3 nitrogen and oxygen atoms in total. The molecule has 2 aromatic carbocycles. The van der Waals surface area contributed by atoms with Crippen LogP contribution in [-0.2, 0) is 4.79 Å². The number of fused-ring (bicyclic) bond motifs is 1. The van der Waals surface area contributed by atoms with Gasteiger partial charge in [0.1, 0.15) is 0 Å². The van der Waals surface area contributed by atoms with Gasteiger partial charge in [0.25, 0.3) is 0 Å². The molecule has 0 saturated carbocycles. The zero-order chi connectivity index (χ0) is 13.1. The predicted octanol–water partition coefficient (Wildman–Crippen LogP) is 3.20. The summed E-state index contributed by atoms with van der Waals surface area (Å²) in [5.74, 6) is 0.597. The van der Waals surface area contributed by atoms with Crippen molar-refractivity contribution in [1.82, 2.24) is 5.32 Å². The van der Waals surface area contributed by atoms with Gasteiger partial charge in [-0.1, -0.05) is 36.4 Å². The summed E-state index contributed by atoms with van der Waals surface area (Å²) >= 11 is 0. The van der Waals surface area contributed by atoms with Crippen molar-refractivity contribution in [3.63, 3.8) is 0 Å². The molecule has 20 heavy (non-hydrogen) atoms. The summed E-state index contributed by atoms with van der Waals surface area (Å²) in [6, 6.07) is 14.1. The lowest BCUT2D eigenvalue weighted by molar-refractivity contribution is -0.116. The summed E-state index contributed by atoms with van der Waals surface area (Å²) in [7, 11) is 0. The van der Waals surface area contributed by atoms with Crippen LogP contribution in [0.4, 0.5) is 5.69 Å². The number of nitrogens with one attached hydrogen (secondary N) is 2. The van der Waals surface area contributed by atoms with Crippen LogP contribution in [0.1, 0.15) is 12.8 Å². The first kappa shape index (κ1) is 14.8. The molecule has 1 fully saturated rings. The second-order valence-corrected chi connectivity index (χ2v) is 5.14.